The van der Waals surface area contributed by atoms with Gasteiger partial charge >= 0.3 is 0 Å². The standard InChI is InChI=1S/C19H21FN2O2S/c20-17-4-2-1-3-13(17)8-22-9-16-15(11-24-18(16)10-22)7-21-19(23)14-5-6-25-12-14/h1-6,12,15-16,18H,7-11H2,(H,21,23)/t15-,16+,18+/m0/s1. The number of halogens is 1. The van der Waals surface area contributed by atoms with Crippen molar-refractivity contribution < 1.29 is 13.9 Å². The molecule has 6 heteroatoms. The van der Waals surface area contributed by atoms with E-state index in [0.717, 1.165) is 18.7 Å². The number of ether oxygens (including phenoxy) is 1. The Morgan fingerprint density at radius 2 is 2.20 bits per heavy atom. The normalized spacial score (nSPS) is 25.9. The molecule has 1 N–H and O–H groups in total. The topological polar surface area (TPSA) is 41.6 Å². The number of carbonyl (C=O) groups is 1. The SMILES string of the molecule is O=C(NC[C@H]1CO[C@@H]2CN(Cc3ccccc3F)C[C@H]12)c1ccsc1. The van der Waals surface area contributed by atoms with E-state index < -0.39 is 0 Å². The molecule has 1 aromatic carbocycles. The smallest absolute Gasteiger partial charge is 0.252 e. The zero-order valence-corrected chi connectivity index (χ0v) is 14.7. The minimum atomic E-state index is -0.153. The lowest BCUT2D eigenvalue weighted by atomic mass is 9.93. The fraction of sp³-hybridized carbons (Fsp3) is 0.421. The van der Waals surface area contributed by atoms with Crippen LogP contribution in [0.5, 0.6) is 0 Å². The van der Waals surface area contributed by atoms with Crippen LogP contribution in [0, 0.1) is 17.7 Å². The molecular formula is C19H21FN2O2S. The third-order valence-electron chi connectivity index (χ3n) is 5.17. The van der Waals surface area contributed by atoms with Crippen LogP contribution in [0.4, 0.5) is 4.39 Å². The molecular weight excluding hydrogens is 339 g/mol. The molecule has 3 atom stereocenters. The Hall–Kier alpha value is -1.76. The van der Waals surface area contributed by atoms with Crippen LogP contribution in [0.2, 0.25) is 0 Å². The van der Waals surface area contributed by atoms with E-state index in [-0.39, 0.29) is 17.8 Å². The lowest BCUT2D eigenvalue weighted by Crippen LogP contribution is -2.34. The third kappa shape index (κ3) is 3.61. The molecule has 0 radical (unpaired) electrons. The van der Waals surface area contributed by atoms with Gasteiger partial charge in [0.15, 0.2) is 0 Å². The number of hydrogen-bond acceptors (Lipinski definition) is 4. The molecule has 25 heavy (non-hydrogen) atoms. The van der Waals surface area contributed by atoms with E-state index in [9.17, 15) is 9.18 Å². The molecule has 4 nitrogen and oxygen atoms in total. The quantitative estimate of drug-likeness (QED) is 0.892. The lowest BCUT2D eigenvalue weighted by Gasteiger charge is -2.20. The summed E-state index contributed by atoms with van der Waals surface area (Å²) >= 11 is 1.52. The molecule has 4 rings (SSSR count). The van der Waals surface area contributed by atoms with Crippen LogP contribution >= 0.6 is 11.3 Å². The average Bonchev–Trinajstić information content (AvgIpc) is 3.32. The van der Waals surface area contributed by atoms with E-state index >= 15 is 0 Å². The van der Waals surface area contributed by atoms with Crippen molar-refractivity contribution in [2.45, 2.75) is 12.6 Å². The van der Waals surface area contributed by atoms with Crippen LogP contribution in [-0.2, 0) is 11.3 Å². The van der Waals surface area contributed by atoms with Gasteiger partial charge in [-0.05, 0) is 17.5 Å². The molecule has 2 aliphatic heterocycles. The number of nitrogens with one attached hydrogen (secondary N) is 1. The van der Waals surface area contributed by atoms with E-state index in [0.29, 0.717) is 37.1 Å². The van der Waals surface area contributed by atoms with Crippen LogP contribution < -0.4 is 5.32 Å². The summed E-state index contributed by atoms with van der Waals surface area (Å²) in [5, 5.41) is 6.78. The van der Waals surface area contributed by atoms with E-state index in [1.54, 1.807) is 6.07 Å². The molecule has 132 valence electrons. The first kappa shape index (κ1) is 16.7. The van der Waals surface area contributed by atoms with Gasteiger partial charge < -0.3 is 10.1 Å². The van der Waals surface area contributed by atoms with Crippen molar-refractivity contribution in [3.63, 3.8) is 0 Å². The molecule has 2 aliphatic rings. The Bertz CT molecular complexity index is 737. The third-order valence-corrected chi connectivity index (χ3v) is 5.86. The van der Waals surface area contributed by atoms with Gasteiger partial charge in [0, 0.05) is 54.5 Å². The summed E-state index contributed by atoms with van der Waals surface area (Å²) < 4.78 is 19.8. The minimum Gasteiger partial charge on any atom is -0.376 e. The van der Waals surface area contributed by atoms with E-state index in [2.05, 4.69) is 10.2 Å². The molecule has 0 saturated carbocycles. The first-order chi connectivity index (χ1) is 12.2. The lowest BCUT2D eigenvalue weighted by molar-refractivity contribution is 0.0903. The summed E-state index contributed by atoms with van der Waals surface area (Å²) in [5.41, 5.74) is 1.44. The summed E-state index contributed by atoms with van der Waals surface area (Å²) in [7, 11) is 0. The Morgan fingerprint density at radius 3 is 3.00 bits per heavy atom. The van der Waals surface area contributed by atoms with Crippen LogP contribution in [-0.4, -0.2) is 43.2 Å². The highest BCUT2D eigenvalue weighted by atomic mass is 32.1. The van der Waals surface area contributed by atoms with Gasteiger partial charge in [0.1, 0.15) is 5.82 Å². The Morgan fingerprint density at radius 1 is 1.32 bits per heavy atom. The van der Waals surface area contributed by atoms with Gasteiger partial charge in [0.05, 0.1) is 12.7 Å². The number of rotatable bonds is 5. The van der Waals surface area contributed by atoms with E-state index in [4.69, 9.17) is 4.74 Å². The zero-order chi connectivity index (χ0) is 17.2. The summed E-state index contributed by atoms with van der Waals surface area (Å²) in [6.45, 7) is 3.64. The molecule has 3 heterocycles. The Balaban J connectivity index is 1.32. The predicted molar refractivity (Wildman–Crippen MR) is 95.0 cm³/mol. The second kappa shape index (κ2) is 7.23. The van der Waals surface area contributed by atoms with Crippen molar-refractivity contribution in [1.29, 1.82) is 0 Å². The Labute approximate surface area is 150 Å². The Kier molecular flexibility index (Phi) is 4.83. The number of amides is 1. The highest BCUT2D eigenvalue weighted by Crippen LogP contribution is 2.34. The van der Waals surface area contributed by atoms with Crippen molar-refractivity contribution in [3.8, 4) is 0 Å². The second-order valence-corrected chi connectivity index (χ2v) is 7.58. The first-order valence-electron chi connectivity index (χ1n) is 8.58. The van der Waals surface area contributed by atoms with Crippen molar-refractivity contribution >= 4 is 17.2 Å². The second-order valence-electron chi connectivity index (χ2n) is 6.80. The maximum Gasteiger partial charge on any atom is 0.252 e. The van der Waals surface area contributed by atoms with Crippen molar-refractivity contribution in [3.05, 3.63) is 58.0 Å². The molecule has 0 bridgehead atoms. The molecule has 1 amide bonds. The summed E-state index contributed by atoms with van der Waals surface area (Å²) in [4.78, 5) is 14.4. The van der Waals surface area contributed by atoms with Crippen LogP contribution in [0.3, 0.4) is 0 Å². The zero-order valence-electron chi connectivity index (χ0n) is 13.9. The molecule has 2 fully saturated rings. The number of nitrogens with zero attached hydrogens (tertiary/aromatic N) is 1. The van der Waals surface area contributed by atoms with Crippen LogP contribution in [0.25, 0.3) is 0 Å². The van der Waals surface area contributed by atoms with Gasteiger partial charge in [-0.1, -0.05) is 18.2 Å². The molecule has 2 aromatic rings. The average molecular weight is 360 g/mol. The van der Waals surface area contributed by atoms with Crippen molar-refractivity contribution in [2.24, 2.45) is 11.8 Å². The fourth-order valence-electron chi connectivity index (χ4n) is 3.81. The maximum absolute atomic E-state index is 13.8. The molecule has 1 aromatic heterocycles. The van der Waals surface area contributed by atoms with Crippen LogP contribution in [0.1, 0.15) is 15.9 Å². The highest BCUT2D eigenvalue weighted by Gasteiger charge is 2.43. The highest BCUT2D eigenvalue weighted by molar-refractivity contribution is 7.08. The molecule has 0 spiro atoms. The largest absolute Gasteiger partial charge is 0.376 e. The molecule has 0 aliphatic carbocycles. The summed E-state index contributed by atoms with van der Waals surface area (Å²) in [5.74, 6) is 0.540. The number of hydrogen-bond donors (Lipinski definition) is 1. The number of thiophene rings is 1. The minimum absolute atomic E-state index is 0.0223. The van der Waals surface area contributed by atoms with Gasteiger partial charge in [-0.25, -0.2) is 4.39 Å². The van der Waals surface area contributed by atoms with E-state index in [1.807, 2.05) is 29.0 Å². The van der Waals surface area contributed by atoms with Gasteiger partial charge in [-0.15, -0.1) is 0 Å². The van der Waals surface area contributed by atoms with Gasteiger partial charge in [0.2, 0.25) is 0 Å². The maximum atomic E-state index is 13.8. The first-order valence-corrected chi connectivity index (χ1v) is 9.53. The van der Waals surface area contributed by atoms with Crippen LogP contribution in [0.15, 0.2) is 41.1 Å². The van der Waals surface area contributed by atoms with Crippen molar-refractivity contribution in [2.75, 3.05) is 26.2 Å². The fourth-order valence-corrected chi connectivity index (χ4v) is 4.44. The summed E-state index contributed by atoms with van der Waals surface area (Å²) in [6.07, 6.45) is 0.190. The number of likely N-dealkylation sites (tertiary alicyclic amines) is 1. The number of fused-ring (bicyclic) bond motifs is 1. The van der Waals surface area contributed by atoms with E-state index in [1.165, 1.54) is 17.4 Å². The monoisotopic (exact) mass is 360 g/mol. The predicted octanol–water partition coefficient (Wildman–Crippen LogP) is 2.76. The summed E-state index contributed by atoms with van der Waals surface area (Å²) in [6, 6.07) is 8.76. The van der Waals surface area contributed by atoms with Crippen molar-refractivity contribution in [1.82, 2.24) is 10.2 Å². The number of benzene rings is 1. The molecule has 0 unspecified atom stereocenters. The van der Waals surface area contributed by atoms with Gasteiger partial charge in [-0.2, -0.15) is 11.3 Å². The number of carbonyl (C=O) groups excluding carboxylic acids is 1. The molecule has 2 saturated heterocycles. The van der Waals surface area contributed by atoms with Gasteiger partial charge in [0.25, 0.3) is 5.91 Å². The van der Waals surface area contributed by atoms with Gasteiger partial charge in [-0.3, -0.25) is 9.69 Å².